The van der Waals surface area contributed by atoms with Crippen LogP contribution in [0.3, 0.4) is 0 Å². The number of carbonyl (C=O) groups is 1. The number of hydrogen-bond donors (Lipinski definition) is 0. The van der Waals surface area contributed by atoms with Gasteiger partial charge in [-0.1, -0.05) is 6.92 Å². The van der Waals surface area contributed by atoms with E-state index in [4.69, 9.17) is 0 Å². The van der Waals surface area contributed by atoms with Gasteiger partial charge in [-0.2, -0.15) is 11.3 Å². The predicted molar refractivity (Wildman–Crippen MR) is 82.8 cm³/mol. The Kier molecular flexibility index (Phi) is 3.87. The fourth-order valence-corrected chi connectivity index (χ4v) is 4.94. The predicted octanol–water partition coefficient (Wildman–Crippen LogP) is 3.11. The van der Waals surface area contributed by atoms with Crippen molar-refractivity contribution in [2.75, 3.05) is 13.6 Å². The average Bonchev–Trinajstić information content (AvgIpc) is 3.05. The summed E-state index contributed by atoms with van der Waals surface area (Å²) in [5.74, 6) is 0.334. The zero-order valence-electron chi connectivity index (χ0n) is 12.5. The van der Waals surface area contributed by atoms with Crippen LogP contribution in [-0.2, 0) is 11.3 Å². The molecule has 3 rings (SSSR count). The van der Waals surface area contributed by atoms with Crippen LogP contribution in [0.4, 0.5) is 0 Å². The van der Waals surface area contributed by atoms with Crippen molar-refractivity contribution in [3.05, 3.63) is 22.4 Å². The Morgan fingerprint density at radius 3 is 2.90 bits per heavy atom. The molecular formula is C16H24N2OS. The van der Waals surface area contributed by atoms with Gasteiger partial charge in [0, 0.05) is 26.1 Å². The second kappa shape index (κ2) is 5.49. The number of thiophene rings is 1. The number of hydrogen-bond acceptors (Lipinski definition) is 3. The Morgan fingerprint density at radius 2 is 2.30 bits per heavy atom. The molecule has 2 fully saturated rings. The summed E-state index contributed by atoms with van der Waals surface area (Å²) in [5.41, 5.74) is 1.51. The lowest BCUT2D eigenvalue weighted by molar-refractivity contribution is -0.133. The summed E-state index contributed by atoms with van der Waals surface area (Å²) in [5, 5.41) is 4.40. The number of likely N-dealkylation sites (N-methyl/N-ethyl adjacent to an activating group) is 1. The van der Waals surface area contributed by atoms with E-state index in [9.17, 15) is 4.79 Å². The van der Waals surface area contributed by atoms with Gasteiger partial charge in [-0.3, -0.25) is 9.69 Å². The molecule has 1 amide bonds. The Hall–Kier alpha value is -0.870. The Balaban J connectivity index is 1.84. The van der Waals surface area contributed by atoms with E-state index in [1.54, 1.807) is 11.3 Å². The minimum absolute atomic E-state index is 0.0973. The van der Waals surface area contributed by atoms with Crippen LogP contribution in [0.5, 0.6) is 0 Å². The lowest BCUT2D eigenvalue weighted by Gasteiger charge is -2.51. The van der Waals surface area contributed by atoms with Crippen LogP contribution in [0, 0.1) is 0 Å². The molecule has 2 aliphatic heterocycles. The van der Waals surface area contributed by atoms with E-state index in [0.717, 1.165) is 32.4 Å². The van der Waals surface area contributed by atoms with Gasteiger partial charge in [-0.25, -0.2) is 0 Å². The topological polar surface area (TPSA) is 23.6 Å². The van der Waals surface area contributed by atoms with E-state index in [-0.39, 0.29) is 5.54 Å². The van der Waals surface area contributed by atoms with Crippen molar-refractivity contribution < 1.29 is 4.79 Å². The van der Waals surface area contributed by atoms with E-state index in [2.05, 4.69) is 33.6 Å². The second-order valence-electron chi connectivity index (χ2n) is 6.19. The number of carbonyl (C=O) groups excluding carboxylic acids is 1. The number of rotatable bonds is 3. The summed E-state index contributed by atoms with van der Waals surface area (Å²) in [7, 11) is 2.02. The number of piperidine rings is 1. The standard InChI is InChI=1S/C16H24N2OS/c1-3-14-16(8-5-15(19)17(16)2)7-4-9-18(14)11-13-6-10-20-12-13/h6,10,12,14H,3-5,7-9,11H2,1-2H3/t14-,16-/m0/s1. The molecule has 0 aliphatic carbocycles. The lowest BCUT2D eigenvalue weighted by atomic mass is 9.77. The summed E-state index contributed by atoms with van der Waals surface area (Å²) >= 11 is 1.77. The third-order valence-electron chi connectivity index (χ3n) is 5.28. The molecule has 4 heteroatoms. The number of amides is 1. The van der Waals surface area contributed by atoms with Gasteiger partial charge >= 0.3 is 0 Å². The third kappa shape index (κ3) is 2.19. The van der Waals surface area contributed by atoms with Crippen LogP contribution >= 0.6 is 11.3 Å². The van der Waals surface area contributed by atoms with E-state index in [1.807, 2.05) is 7.05 Å². The largest absolute Gasteiger partial charge is 0.338 e. The van der Waals surface area contributed by atoms with Crippen LogP contribution in [0.25, 0.3) is 0 Å². The molecule has 0 radical (unpaired) electrons. The first-order valence-electron chi connectivity index (χ1n) is 7.69. The summed E-state index contributed by atoms with van der Waals surface area (Å²) in [6.45, 7) is 4.47. The van der Waals surface area contributed by atoms with Gasteiger partial charge < -0.3 is 4.90 Å². The van der Waals surface area contributed by atoms with Crippen molar-refractivity contribution in [1.29, 1.82) is 0 Å². The van der Waals surface area contributed by atoms with Crippen molar-refractivity contribution >= 4 is 17.2 Å². The normalized spacial score (nSPS) is 31.4. The van der Waals surface area contributed by atoms with E-state index in [1.165, 1.54) is 18.4 Å². The smallest absolute Gasteiger partial charge is 0.222 e. The zero-order valence-corrected chi connectivity index (χ0v) is 13.3. The first-order chi connectivity index (χ1) is 9.67. The molecular weight excluding hydrogens is 268 g/mol. The highest BCUT2D eigenvalue weighted by Gasteiger charge is 2.51. The molecule has 1 aromatic heterocycles. The molecule has 2 aliphatic rings. The first-order valence-corrected chi connectivity index (χ1v) is 8.63. The quantitative estimate of drug-likeness (QED) is 0.854. The third-order valence-corrected chi connectivity index (χ3v) is 6.01. The highest BCUT2D eigenvalue weighted by molar-refractivity contribution is 7.07. The molecule has 20 heavy (non-hydrogen) atoms. The Morgan fingerprint density at radius 1 is 1.45 bits per heavy atom. The minimum atomic E-state index is 0.0973. The fraction of sp³-hybridized carbons (Fsp3) is 0.688. The SMILES string of the molecule is CC[C@@H]1N(Cc2ccsc2)CCC[C@]12CCC(=O)N2C. The maximum Gasteiger partial charge on any atom is 0.222 e. The molecule has 0 saturated carbocycles. The van der Waals surface area contributed by atoms with Crippen molar-refractivity contribution in [1.82, 2.24) is 9.80 Å². The van der Waals surface area contributed by atoms with Gasteiger partial charge in [0.15, 0.2) is 0 Å². The van der Waals surface area contributed by atoms with Crippen molar-refractivity contribution in [2.45, 2.75) is 57.2 Å². The second-order valence-corrected chi connectivity index (χ2v) is 6.97. The van der Waals surface area contributed by atoms with Crippen molar-refractivity contribution in [3.63, 3.8) is 0 Å². The lowest BCUT2D eigenvalue weighted by Crippen LogP contribution is -2.61. The fourth-order valence-electron chi connectivity index (χ4n) is 4.29. The van der Waals surface area contributed by atoms with Crippen LogP contribution in [0.2, 0.25) is 0 Å². The molecule has 0 bridgehead atoms. The van der Waals surface area contributed by atoms with E-state index < -0.39 is 0 Å². The average molecular weight is 292 g/mol. The van der Waals surface area contributed by atoms with Crippen LogP contribution in [0.15, 0.2) is 16.8 Å². The number of nitrogens with zero attached hydrogens (tertiary/aromatic N) is 2. The Bertz CT molecular complexity index is 473. The van der Waals surface area contributed by atoms with Crippen LogP contribution in [0.1, 0.15) is 44.6 Å². The minimum Gasteiger partial charge on any atom is -0.338 e. The van der Waals surface area contributed by atoms with E-state index >= 15 is 0 Å². The molecule has 3 nitrogen and oxygen atoms in total. The summed E-state index contributed by atoms with van der Waals surface area (Å²) in [4.78, 5) is 16.7. The zero-order chi connectivity index (χ0) is 14.2. The van der Waals surface area contributed by atoms with Crippen LogP contribution < -0.4 is 0 Å². The number of likely N-dealkylation sites (tertiary alicyclic amines) is 2. The van der Waals surface area contributed by atoms with Gasteiger partial charge in [0.1, 0.15) is 0 Å². The van der Waals surface area contributed by atoms with E-state index in [0.29, 0.717) is 11.9 Å². The molecule has 2 atom stereocenters. The molecule has 0 aromatic carbocycles. The molecule has 0 N–H and O–H groups in total. The maximum atomic E-state index is 12.0. The molecule has 1 aromatic rings. The molecule has 0 unspecified atom stereocenters. The molecule has 110 valence electrons. The Labute approximate surface area is 125 Å². The first kappa shape index (κ1) is 14.1. The molecule has 3 heterocycles. The summed E-state index contributed by atoms with van der Waals surface area (Å²) in [6, 6.07) is 2.73. The maximum absolute atomic E-state index is 12.0. The van der Waals surface area contributed by atoms with Crippen molar-refractivity contribution in [2.24, 2.45) is 0 Å². The monoisotopic (exact) mass is 292 g/mol. The van der Waals surface area contributed by atoms with Gasteiger partial charge in [-0.05, 0) is 54.6 Å². The highest BCUT2D eigenvalue weighted by atomic mass is 32.1. The van der Waals surface area contributed by atoms with Gasteiger partial charge in [0.25, 0.3) is 0 Å². The summed E-state index contributed by atoms with van der Waals surface area (Å²) < 4.78 is 0. The van der Waals surface area contributed by atoms with Crippen LogP contribution in [-0.4, -0.2) is 40.9 Å². The highest BCUT2D eigenvalue weighted by Crippen LogP contribution is 2.42. The summed E-state index contributed by atoms with van der Waals surface area (Å²) in [6.07, 6.45) is 5.29. The molecule has 2 saturated heterocycles. The van der Waals surface area contributed by atoms with Gasteiger partial charge in [-0.15, -0.1) is 0 Å². The van der Waals surface area contributed by atoms with Gasteiger partial charge in [0.2, 0.25) is 5.91 Å². The molecule has 1 spiro atoms. The van der Waals surface area contributed by atoms with Gasteiger partial charge in [0.05, 0.1) is 5.54 Å². The van der Waals surface area contributed by atoms with Crippen molar-refractivity contribution in [3.8, 4) is 0 Å².